The van der Waals surface area contributed by atoms with Crippen LogP contribution in [0.15, 0.2) is 70.3 Å². The van der Waals surface area contributed by atoms with Gasteiger partial charge in [-0.05, 0) is 28.9 Å². The van der Waals surface area contributed by atoms with Crippen LogP contribution in [0, 0.1) is 0 Å². The van der Waals surface area contributed by atoms with Crippen molar-refractivity contribution in [3.63, 3.8) is 0 Å². The number of hydrogen-bond donors (Lipinski definition) is 0. The summed E-state index contributed by atoms with van der Waals surface area (Å²) in [5.41, 5.74) is 3.91. The normalized spacial score (nSPS) is 31.2. The van der Waals surface area contributed by atoms with Gasteiger partial charge in [0.25, 0.3) is 0 Å². The maximum atomic E-state index is 6.29. The molecule has 2 heteroatoms. The minimum absolute atomic E-state index is 0.175. The zero-order chi connectivity index (χ0) is 12.3. The summed E-state index contributed by atoms with van der Waals surface area (Å²) in [6.07, 6.45) is 10.6. The van der Waals surface area contributed by atoms with E-state index in [0.717, 1.165) is 0 Å². The zero-order valence-corrected chi connectivity index (χ0v) is 11.0. The van der Waals surface area contributed by atoms with E-state index in [9.17, 15) is 0 Å². The van der Waals surface area contributed by atoms with Crippen molar-refractivity contribution in [3.8, 4) is 0 Å². The Morgan fingerprint density at radius 2 is 1.83 bits per heavy atom. The molecule has 2 unspecified atom stereocenters. The third kappa shape index (κ3) is 1.13. The molecular formula is C16H10Cl2. The van der Waals surface area contributed by atoms with Crippen LogP contribution in [0.4, 0.5) is 0 Å². The molecule has 0 saturated carbocycles. The molecule has 3 aliphatic rings. The molecule has 0 spiro atoms. The van der Waals surface area contributed by atoms with Crippen LogP contribution in [0.2, 0.25) is 0 Å². The van der Waals surface area contributed by atoms with E-state index in [4.69, 9.17) is 23.2 Å². The van der Waals surface area contributed by atoms with Crippen LogP contribution in [-0.4, -0.2) is 0 Å². The van der Waals surface area contributed by atoms with Gasteiger partial charge in [-0.3, -0.25) is 0 Å². The van der Waals surface area contributed by atoms with Crippen LogP contribution in [0.5, 0.6) is 0 Å². The third-order valence-corrected chi connectivity index (χ3v) is 4.84. The Bertz CT molecular complexity index is 676. The highest BCUT2D eigenvalue weighted by molar-refractivity contribution is 6.44. The molecule has 0 N–H and O–H groups in total. The molecular weight excluding hydrogens is 263 g/mol. The molecule has 0 radical (unpaired) electrons. The molecule has 0 aromatic heterocycles. The van der Waals surface area contributed by atoms with E-state index in [1.54, 1.807) is 0 Å². The Morgan fingerprint density at radius 3 is 2.72 bits per heavy atom. The molecule has 1 aromatic rings. The Hall–Kier alpha value is -1.24. The fourth-order valence-corrected chi connectivity index (χ4v) is 3.68. The number of rotatable bonds is 0. The van der Waals surface area contributed by atoms with Crippen LogP contribution >= 0.6 is 23.2 Å². The van der Waals surface area contributed by atoms with Gasteiger partial charge in [0.05, 0.1) is 15.5 Å². The number of halogens is 2. The maximum absolute atomic E-state index is 6.29. The van der Waals surface area contributed by atoms with E-state index < -0.39 is 0 Å². The van der Waals surface area contributed by atoms with Crippen LogP contribution in [-0.2, 0) is 5.41 Å². The van der Waals surface area contributed by atoms with Crippen LogP contribution < -0.4 is 0 Å². The molecule has 0 aliphatic heterocycles. The third-order valence-electron chi connectivity index (χ3n) is 4.10. The first-order valence-corrected chi connectivity index (χ1v) is 6.73. The van der Waals surface area contributed by atoms with Crippen molar-refractivity contribution in [2.24, 2.45) is 0 Å². The average molecular weight is 273 g/mol. The number of allylic oxidation sites excluding steroid dienone is 8. The molecule has 0 amide bonds. The summed E-state index contributed by atoms with van der Waals surface area (Å²) in [5, 5.41) is 1.24. The minimum atomic E-state index is -0.175. The molecule has 3 aliphatic carbocycles. The Labute approximate surface area is 116 Å². The summed E-state index contributed by atoms with van der Waals surface area (Å²) in [6, 6.07) is 8.57. The van der Waals surface area contributed by atoms with Gasteiger partial charge in [0.2, 0.25) is 0 Å². The van der Waals surface area contributed by atoms with Crippen LogP contribution in [0.1, 0.15) is 17.0 Å². The van der Waals surface area contributed by atoms with Gasteiger partial charge in [-0.2, -0.15) is 0 Å². The molecule has 2 atom stereocenters. The fraction of sp³-hybridized carbons (Fsp3) is 0.125. The average Bonchev–Trinajstić information content (AvgIpc) is 2.82. The highest BCUT2D eigenvalue weighted by Crippen LogP contribution is 2.58. The van der Waals surface area contributed by atoms with Gasteiger partial charge in [0.1, 0.15) is 0 Å². The first-order valence-electron chi connectivity index (χ1n) is 5.98. The zero-order valence-electron chi connectivity index (χ0n) is 9.53. The molecule has 0 fully saturated rings. The van der Waals surface area contributed by atoms with Crippen molar-refractivity contribution >= 4 is 23.2 Å². The first-order chi connectivity index (χ1) is 8.72. The van der Waals surface area contributed by atoms with Crippen LogP contribution in [0.25, 0.3) is 0 Å². The predicted octanol–water partition coefficient (Wildman–Crippen LogP) is 4.78. The van der Waals surface area contributed by atoms with Crippen molar-refractivity contribution in [3.05, 3.63) is 81.4 Å². The van der Waals surface area contributed by atoms with Crippen molar-refractivity contribution < 1.29 is 0 Å². The van der Waals surface area contributed by atoms with Crippen molar-refractivity contribution in [1.82, 2.24) is 0 Å². The Morgan fingerprint density at radius 1 is 1.00 bits per heavy atom. The number of hydrogen-bond acceptors (Lipinski definition) is 0. The lowest BCUT2D eigenvalue weighted by atomic mass is 9.80. The lowest BCUT2D eigenvalue weighted by Crippen LogP contribution is -2.17. The quantitative estimate of drug-likeness (QED) is 0.597. The second-order valence-electron chi connectivity index (χ2n) is 4.92. The van der Waals surface area contributed by atoms with E-state index in [1.807, 2.05) is 6.08 Å². The van der Waals surface area contributed by atoms with Gasteiger partial charge >= 0.3 is 0 Å². The van der Waals surface area contributed by atoms with Gasteiger partial charge in [-0.1, -0.05) is 65.7 Å². The highest BCUT2D eigenvalue weighted by atomic mass is 35.5. The van der Waals surface area contributed by atoms with E-state index >= 15 is 0 Å². The predicted molar refractivity (Wildman–Crippen MR) is 76.0 cm³/mol. The van der Waals surface area contributed by atoms with E-state index in [2.05, 4.69) is 48.6 Å². The Kier molecular flexibility index (Phi) is 2.02. The van der Waals surface area contributed by atoms with Gasteiger partial charge in [0, 0.05) is 5.92 Å². The van der Waals surface area contributed by atoms with Gasteiger partial charge in [-0.15, -0.1) is 0 Å². The van der Waals surface area contributed by atoms with Crippen molar-refractivity contribution in [2.75, 3.05) is 0 Å². The molecule has 4 rings (SSSR count). The second-order valence-corrected chi connectivity index (χ2v) is 5.74. The van der Waals surface area contributed by atoms with Crippen molar-refractivity contribution in [1.29, 1.82) is 0 Å². The summed E-state index contributed by atoms with van der Waals surface area (Å²) < 4.78 is 0. The lowest BCUT2D eigenvalue weighted by Gasteiger charge is -2.23. The molecule has 0 nitrogen and oxygen atoms in total. The summed E-state index contributed by atoms with van der Waals surface area (Å²) in [6.45, 7) is 0. The molecule has 0 saturated heterocycles. The molecule has 1 aromatic carbocycles. The van der Waals surface area contributed by atoms with E-state index in [-0.39, 0.29) is 5.41 Å². The summed E-state index contributed by atoms with van der Waals surface area (Å²) >= 11 is 12.4. The standard InChI is InChI=1S/C16H10Cl2/c17-14-6-5-13-11-7-8-16(13,9-15(14)18)12-4-2-1-3-10(11)12/h1-9,11H. The fourth-order valence-electron chi connectivity index (χ4n) is 3.33. The van der Waals surface area contributed by atoms with Crippen LogP contribution in [0.3, 0.4) is 0 Å². The van der Waals surface area contributed by atoms with Gasteiger partial charge in [0.15, 0.2) is 0 Å². The lowest BCUT2D eigenvalue weighted by molar-refractivity contribution is 0.840. The summed E-state index contributed by atoms with van der Waals surface area (Å²) in [4.78, 5) is 0. The summed E-state index contributed by atoms with van der Waals surface area (Å²) in [5.74, 6) is 0.376. The van der Waals surface area contributed by atoms with Crippen molar-refractivity contribution in [2.45, 2.75) is 11.3 Å². The van der Waals surface area contributed by atoms with Gasteiger partial charge in [-0.25, -0.2) is 0 Å². The molecule has 2 bridgehead atoms. The van der Waals surface area contributed by atoms with E-state index in [0.29, 0.717) is 16.0 Å². The SMILES string of the molecule is ClC1=CC=C2C3C=CC2(C=C1Cl)c1ccccc13. The second kappa shape index (κ2) is 3.40. The topological polar surface area (TPSA) is 0 Å². The summed E-state index contributed by atoms with van der Waals surface area (Å²) in [7, 11) is 0. The number of benzene rings is 1. The van der Waals surface area contributed by atoms with Gasteiger partial charge < -0.3 is 0 Å². The monoisotopic (exact) mass is 272 g/mol. The smallest absolute Gasteiger partial charge is 0.0589 e. The molecule has 0 heterocycles. The Balaban J connectivity index is 2.07. The van der Waals surface area contributed by atoms with E-state index in [1.165, 1.54) is 16.7 Å². The molecule has 18 heavy (non-hydrogen) atoms. The first kappa shape index (κ1) is 10.7. The maximum Gasteiger partial charge on any atom is 0.0589 e. The molecule has 88 valence electrons. The minimum Gasteiger partial charge on any atom is -0.0830 e. The largest absolute Gasteiger partial charge is 0.0830 e. The highest BCUT2D eigenvalue weighted by Gasteiger charge is 2.48. The number of fused-ring (bicyclic) bond motifs is 2.